The lowest BCUT2D eigenvalue weighted by Gasteiger charge is -2.08. The molecule has 0 aliphatic carbocycles. The van der Waals surface area contributed by atoms with Crippen molar-refractivity contribution in [1.29, 1.82) is 0 Å². The first-order chi connectivity index (χ1) is 12.0. The summed E-state index contributed by atoms with van der Waals surface area (Å²) in [7, 11) is 3.00. The van der Waals surface area contributed by atoms with E-state index < -0.39 is 4.92 Å². The van der Waals surface area contributed by atoms with Crippen LogP contribution < -0.4 is 14.8 Å². The Hall–Kier alpha value is -3.35. The number of non-ortho nitro benzene ring substituents is 1. The molecule has 0 aliphatic rings. The number of nitrogens with zero attached hydrogens (tertiary/aromatic N) is 1. The van der Waals surface area contributed by atoms with Crippen LogP contribution in [0.5, 0.6) is 11.5 Å². The van der Waals surface area contributed by atoms with E-state index in [2.05, 4.69) is 5.32 Å². The number of benzene rings is 2. The summed E-state index contributed by atoms with van der Waals surface area (Å²) >= 11 is 0. The molecule has 0 saturated heterocycles. The van der Waals surface area contributed by atoms with Crippen LogP contribution in [0, 0.1) is 17.0 Å². The average molecular weight is 342 g/mol. The Bertz CT molecular complexity index is 830. The highest BCUT2D eigenvalue weighted by Crippen LogP contribution is 2.25. The van der Waals surface area contributed by atoms with Crippen molar-refractivity contribution in [2.45, 2.75) is 6.92 Å². The smallest absolute Gasteiger partial charge is 0.271 e. The zero-order chi connectivity index (χ0) is 18.4. The van der Waals surface area contributed by atoms with Gasteiger partial charge in [0, 0.05) is 36.2 Å². The van der Waals surface area contributed by atoms with Gasteiger partial charge in [0.05, 0.1) is 24.7 Å². The Morgan fingerprint density at radius 1 is 1.16 bits per heavy atom. The standard InChI is InChI=1S/C18H18N2O5/c1-12-4-5-13(20(22)23)10-16(12)19-9-8-17(21)15-7-6-14(24-2)11-18(15)25-3/h4-11,19H,1-3H3/b9-8+. The van der Waals surface area contributed by atoms with Crippen molar-refractivity contribution in [1.82, 2.24) is 0 Å². The van der Waals surface area contributed by atoms with Gasteiger partial charge < -0.3 is 14.8 Å². The van der Waals surface area contributed by atoms with E-state index in [1.807, 2.05) is 6.92 Å². The fraction of sp³-hybridized carbons (Fsp3) is 0.167. The molecule has 0 unspecified atom stereocenters. The summed E-state index contributed by atoms with van der Waals surface area (Å²) in [6.07, 6.45) is 2.78. The van der Waals surface area contributed by atoms with Crippen molar-refractivity contribution in [3.05, 3.63) is 69.9 Å². The molecule has 0 atom stereocenters. The topological polar surface area (TPSA) is 90.7 Å². The molecule has 0 fully saturated rings. The Morgan fingerprint density at radius 3 is 2.56 bits per heavy atom. The quantitative estimate of drug-likeness (QED) is 0.357. The first kappa shape index (κ1) is 18.0. The van der Waals surface area contributed by atoms with Gasteiger partial charge in [0.15, 0.2) is 5.78 Å². The predicted octanol–water partition coefficient (Wildman–Crippen LogP) is 3.73. The van der Waals surface area contributed by atoms with Crippen molar-refractivity contribution in [2.75, 3.05) is 19.5 Å². The van der Waals surface area contributed by atoms with Crippen LogP contribution in [0.2, 0.25) is 0 Å². The van der Waals surface area contributed by atoms with E-state index >= 15 is 0 Å². The maximum atomic E-state index is 12.3. The van der Waals surface area contributed by atoms with E-state index in [0.717, 1.165) is 5.56 Å². The van der Waals surface area contributed by atoms with E-state index in [4.69, 9.17) is 9.47 Å². The number of ketones is 1. The molecule has 25 heavy (non-hydrogen) atoms. The molecule has 0 radical (unpaired) electrons. The number of carbonyl (C=O) groups excluding carboxylic acids is 1. The molecule has 0 aliphatic heterocycles. The third-order valence-corrected chi connectivity index (χ3v) is 3.58. The molecule has 0 spiro atoms. The first-order valence-corrected chi connectivity index (χ1v) is 7.40. The van der Waals surface area contributed by atoms with Gasteiger partial charge in [-0.05, 0) is 24.6 Å². The lowest BCUT2D eigenvalue weighted by atomic mass is 10.1. The number of allylic oxidation sites excluding steroid dienone is 1. The van der Waals surface area contributed by atoms with E-state index in [1.54, 1.807) is 24.3 Å². The zero-order valence-electron chi connectivity index (χ0n) is 14.1. The van der Waals surface area contributed by atoms with E-state index in [0.29, 0.717) is 22.7 Å². The average Bonchev–Trinajstić information content (AvgIpc) is 2.62. The largest absolute Gasteiger partial charge is 0.497 e. The lowest BCUT2D eigenvalue weighted by Crippen LogP contribution is -2.01. The van der Waals surface area contributed by atoms with Gasteiger partial charge in [-0.1, -0.05) is 6.07 Å². The minimum absolute atomic E-state index is 0.0235. The summed E-state index contributed by atoms with van der Waals surface area (Å²) in [5, 5.41) is 13.7. The molecule has 2 aromatic carbocycles. The second-order valence-corrected chi connectivity index (χ2v) is 5.16. The van der Waals surface area contributed by atoms with Crippen LogP contribution in [0.3, 0.4) is 0 Å². The third kappa shape index (κ3) is 4.35. The SMILES string of the molecule is COc1ccc(C(=O)/C=C/Nc2cc([N+](=O)[O-])ccc2C)c(OC)c1. The van der Waals surface area contributed by atoms with Crippen molar-refractivity contribution in [3.8, 4) is 11.5 Å². The van der Waals surface area contributed by atoms with Crippen LogP contribution in [0.25, 0.3) is 0 Å². The first-order valence-electron chi connectivity index (χ1n) is 7.40. The third-order valence-electron chi connectivity index (χ3n) is 3.58. The maximum Gasteiger partial charge on any atom is 0.271 e. The highest BCUT2D eigenvalue weighted by atomic mass is 16.6. The highest BCUT2D eigenvalue weighted by Gasteiger charge is 2.11. The molecule has 0 bridgehead atoms. The van der Waals surface area contributed by atoms with Crippen LogP contribution in [0.1, 0.15) is 15.9 Å². The van der Waals surface area contributed by atoms with E-state index in [-0.39, 0.29) is 11.5 Å². The van der Waals surface area contributed by atoms with Gasteiger partial charge in [0.1, 0.15) is 11.5 Å². The van der Waals surface area contributed by atoms with Gasteiger partial charge in [0.25, 0.3) is 5.69 Å². The van der Waals surface area contributed by atoms with Crippen LogP contribution in [-0.2, 0) is 0 Å². The number of aryl methyl sites for hydroxylation is 1. The van der Waals surface area contributed by atoms with Gasteiger partial charge in [0.2, 0.25) is 0 Å². The van der Waals surface area contributed by atoms with E-state index in [9.17, 15) is 14.9 Å². The van der Waals surface area contributed by atoms with Gasteiger partial charge in [-0.2, -0.15) is 0 Å². The molecule has 2 rings (SSSR count). The number of ether oxygens (including phenoxy) is 2. The molecule has 0 aromatic heterocycles. The van der Waals surface area contributed by atoms with Crippen LogP contribution in [0.4, 0.5) is 11.4 Å². The van der Waals surface area contributed by atoms with Crippen molar-refractivity contribution in [2.24, 2.45) is 0 Å². The number of hydrogen-bond donors (Lipinski definition) is 1. The lowest BCUT2D eigenvalue weighted by molar-refractivity contribution is -0.384. The van der Waals surface area contributed by atoms with Gasteiger partial charge in [-0.25, -0.2) is 0 Å². The number of carbonyl (C=O) groups is 1. The molecule has 7 heteroatoms. The second-order valence-electron chi connectivity index (χ2n) is 5.16. The normalized spacial score (nSPS) is 10.5. The Kier molecular flexibility index (Phi) is 5.73. The minimum atomic E-state index is -0.471. The number of anilines is 1. The van der Waals surface area contributed by atoms with Crippen molar-refractivity contribution >= 4 is 17.2 Å². The Balaban J connectivity index is 2.16. The monoisotopic (exact) mass is 342 g/mol. The number of hydrogen-bond acceptors (Lipinski definition) is 6. The second kappa shape index (κ2) is 7.96. The zero-order valence-corrected chi connectivity index (χ0v) is 14.1. The van der Waals surface area contributed by atoms with Crippen LogP contribution >= 0.6 is 0 Å². The van der Waals surface area contributed by atoms with Crippen LogP contribution in [-0.4, -0.2) is 24.9 Å². The fourth-order valence-electron chi connectivity index (χ4n) is 2.18. The number of rotatable bonds is 7. The van der Waals surface area contributed by atoms with Crippen LogP contribution in [0.15, 0.2) is 48.7 Å². The molecule has 0 heterocycles. The molecule has 130 valence electrons. The van der Waals surface area contributed by atoms with Gasteiger partial charge in [-0.3, -0.25) is 14.9 Å². The molecule has 2 aromatic rings. The summed E-state index contributed by atoms with van der Waals surface area (Å²) < 4.78 is 10.3. The fourth-order valence-corrected chi connectivity index (χ4v) is 2.18. The molecule has 7 nitrogen and oxygen atoms in total. The molecular formula is C18H18N2O5. The minimum Gasteiger partial charge on any atom is -0.497 e. The number of nitro groups is 1. The summed E-state index contributed by atoms with van der Waals surface area (Å²) in [6, 6.07) is 9.39. The maximum absolute atomic E-state index is 12.3. The number of nitro benzene ring substituents is 1. The summed E-state index contributed by atoms with van der Waals surface area (Å²) in [5.74, 6) is 0.721. The summed E-state index contributed by atoms with van der Waals surface area (Å²) in [4.78, 5) is 22.7. The Labute approximate surface area is 145 Å². The Morgan fingerprint density at radius 2 is 1.92 bits per heavy atom. The molecule has 0 saturated carbocycles. The summed E-state index contributed by atoms with van der Waals surface area (Å²) in [6.45, 7) is 1.81. The number of nitrogens with one attached hydrogen (secondary N) is 1. The van der Waals surface area contributed by atoms with Crippen molar-refractivity contribution < 1.29 is 19.2 Å². The predicted molar refractivity (Wildman–Crippen MR) is 94.5 cm³/mol. The molecule has 1 N–H and O–H groups in total. The highest BCUT2D eigenvalue weighted by molar-refractivity contribution is 6.06. The number of methoxy groups -OCH3 is 2. The molecular weight excluding hydrogens is 324 g/mol. The van der Waals surface area contributed by atoms with Gasteiger partial charge >= 0.3 is 0 Å². The van der Waals surface area contributed by atoms with Gasteiger partial charge in [-0.15, -0.1) is 0 Å². The molecule has 0 amide bonds. The summed E-state index contributed by atoms with van der Waals surface area (Å²) in [5.41, 5.74) is 1.74. The van der Waals surface area contributed by atoms with Crippen molar-refractivity contribution in [3.63, 3.8) is 0 Å². The van der Waals surface area contributed by atoms with E-state index in [1.165, 1.54) is 38.6 Å².